The predicted octanol–water partition coefficient (Wildman–Crippen LogP) is 2.01. The Balaban J connectivity index is 3.31. The van der Waals surface area contributed by atoms with Gasteiger partial charge in [-0.3, -0.25) is 4.79 Å². The third-order valence-corrected chi connectivity index (χ3v) is 3.19. The molecule has 2 N–H and O–H groups in total. The van der Waals surface area contributed by atoms with Crippen LogP contribution in [0.3, 0.4) is 0 Å². The second kappa shape index (κ2) is 3.26. The van der Waals surface area contributed by atoms with Gasteiger partial charge in [0.2, 0.25) is 0 Å². The van der Waals surface area contributed by atoms with Crippen molar-refractivity contribution in [2.24, 2.45) is 10.8 Å². The lowest BCUT2D eigenvalue weighted by molar-refractivity contribution is -0.138. The molecular weight excluding hydrogens is 188 g/mol. The molecule has 0 aromatic carbocycles. The number of amides is 1. The maximum absolute atomic E-state index is 12.2. The lowest BCUT2D eigenvalue weighted by Gasteiger charge is -2.53. The molecule has 15 heavy (non-hydrogen) atoms. The van der Waals surface area contributed by atoms with Crippen LogP contribution in [0.25, 0.3) is 0 Å². The van der Waals surface area contributed by atoms with E-state index >= 15 is 0 Å². The van der Waals surface area contributed by atoms with Gasteiger partial charge in [0.1, 0.15) is 5.54 Å². The summed E-state index contributed by atoms with van der Waals surface area (Å²) < 4.78 is 0. The number of rotatable bonds is 0. The Kier molecular flexibility index (Phi) is 2.62. The van der Waals surface area contributed by atoms with Crippen LogP contribution < -0.4 is 10.6 Å². The van der Waals surface area contributed by atoms with Gasteiger partial charge < -0.3 is 10.6 Å². The van der Waals surface area contributed by atoms with E-state index in [-0.39, 0.29) is 16.7 Å². The van der Waals surface area contributed by atoms with Crippen LogP contribution in [-0.2, 0) is 4.79 Å². The molecule has 0 aromatic heterocycles. The lowest BCUT2D eigenvalue weighted by Crippen LogP contribution is -2.70. The van der Waals surface area contributed by atoms with Gasteiger partial charge in [0.25, 0.3) is 5.91 Å². The van der Waals surface area contributed by atoms with Crippen molar-refractivity contribution in [3.8, 4) is 0 Å². The Hall–Kier alpha value is -0.990. The molecule has 0 aromatic rings. The summed E-state index contributed by atoms with van der Waals surface area (Å²) in [5, 5.41) is 6.07. The van der Waals surface area contributed by atoms with Gasteiger partial charge in [-0.2, -0.15) is 0 Å². The fraction of sp³-hybridized carbons (Fsp3) is 0.750. The summed E-state index contributed by atoms with van der Waals surface area (Å²) in [6.45, 7) is 12.5. The largest absolute Gasteiger partial charge is 0.375 e. The van der Waals surface area contributed by atoms with Crippen molar-refractivity contribution < 1.29 is 4.79 Å². The molecule has 0 saturated heterocycles. The van der Waals surface area contributed by atoms with Crippen molar-refractivity contribution in [3.63, 3.8) is 0 Å². The molecular formula is C12H22N2O. The summed E-state index contributed by atoms with van der Waals surface area (Å²) in [6, 6.07) is 0. The molecule has 0 fully saturated rings. The van der Waals surface area contributed by atoms with Gasteiger partial charge in [0.15, 0.2) is 0 Å². The molecule has 1 amide bonds. The number of carbonyl (C=O) groups is 1. The molecule has 1 rings (SSSR count). The van der Waals surface area contributed by atoms with Crippen molar-refractivity contribution in [1.29, 1.82) is 0 Å². The molecule has 1 aliphatic rings. The standard InChI is InChI=1S/C12H22N2O/c1-10(2,3)12(11(4,5)6)9(15)13-7-8-14-12/h7-8,14H,1-6H3,(H,13,15). The minimum atomic E-state index is -0.575. The molecule has 1 heterocycles. The SMILES string of the molecule is CC(C)(C)C1(C(C)(C)C)NC=CNC1=O. The van der Waals surface area contributed by atoms with Crippen LogP contribution in [-0.4, -0.2) is 11.4 Å². The zero-order chi connectivity index (χ0) is 11.9. The molecule has 0 radical (unpaired) electrons. The maximum atomic E-state index is 12.2. The molecule has 3 nitrogen and oxygen atoms in total. The van der Waals surface area contributed by atoms with Gasteiger partial charge in [-0.1, -0.05) is 41.5 Å². The van der Waals surface area contributed by atoms with Gasteiger partial charge >= 0.3 is 0 Å². The first-order valence-electron chi connectivity index (χ1n) is 5.36. The van der Waals surface area contributed by atoms with Crippen molar-refractivity contribution in [3.05, 3.63) is 12.4 Å². The fourth-order valence-electron chi connectivity index (χ4n) is 2.70. The van der Waals surface area contributed by atoms with Crippen molar-refractivity contribution in [2.45, 2.75) is 47.1 Å². The first-order chi connectivity index (χ1) is 6.63. The minimum Gasteiger partial charge on any atom is -0.375 e. The van der Waals surface area contributed by atoms with Crippen molar-refractivity contribution in [1.82, 2.24) is 10.6 Å². The zero-order valence-corrected chi connectivity index (χ0v) is 10.6. The van der Waals surface area contributed by atoms with Crippen LogP contribution >= 0.6 is 0 Å². The molecule has 1 aliphatic heterocycles. The Bertz CT molecular complexity index is 278. The van der Waals surface area contributed by atoms with Crippen LogP contribution in [0, 0.1) is 10.8 Å². The van der Waals surface area contributed by atoms with Crippen LogP contribution in [0.2, 0.25) is 0 Å². The average molecular weight is 210 g/mol. The van der Waals surface area contributed by atoms with Crippen LogP contribution in [0.4, 0.5) is 0 Å². The van der Waals surface area contributed by atoms with E-state index in [1.54, 1.807) is 6.20 Å². The van der Waals surface area contributed by atoms with E-state index < -0.39 is 5.54 Å². The molecule has 86 valence electrons. The van der Waals surface area contributed by atoms with E-state index in [2.05, 4.69) is 52.2 Å². The number of carbonyl (C=O) groups excluding carboxylic acids is 1. The Labute approximate surface area is 92.3 Å². The number of hydrogen-bond acceptors (Lipinski definition) is 2. The van der Waals surface area contributed by atoms with Crippen molar-refractivity contribution in [2.75, 3.05) is 0 Å². The Morgan fingerprint density at radius 3 is 1.73 bits per heavy atom. The van der Waals surface area contributed by atoms with E-state index in [1.807, 2.05) is 6.20 Å². The zero-order valence-electron chi connectivity index (χ0n) is 10.6. The normalized spacial score (nSPS) is 20.8. The number of hydrogen-bond donors (Lipinski definition) is 2. The first-order valence-corrected chi connectivity index (χ1v) is 5.36. The summed E-state index contributed by atoms with van der Waals surface area (Å²) in [7, 11) is 0. The lowest BCUT2D eigenvalue weighted by atomic mass is 9.59. The molecule has 0 unspecified atom stereocenters. The smallest absolute Gasteiger partial charge is 0.250 e. The average Bonchev–Trinajstić information content (AvgIpc) is 2.00. The summed E-state index contributed by atoms with van der Waals surface area (Å²) >= 11 is 0. The van der Waals surface area contributed by atoms with Crippen molar-refractivity contribution >= 4 is 5.91 Å². The minimum absolute atomic E-state index is 0.0463. The topological polar surface area (TPSA) is 41.1 Å². The molecule has 0 saturated carbocycles. The van der Waals surface area contributed by atoms with Crippen LogP contribution in [0.5, 0.6) is 0 Å². The molecule has 0 bridgehead atoms. The van der Waals surface area contributed by atoms with Gasteiger partial charge in [0.05, 0.1) is 0 Å². The predicted molar refractivity (Wildman–Crippen MR) is 62.1 cm³/mol. The highest BCUT2D eigenvalue weighted by molar-refractivity contribution is 5.90. The quantitative estimate of drug-likeness (QED) is 0.642. The molecule has 0 spiro atoms. The summed E-state index contributed by atoms with van der Waals surface area (Å²) in [5.41, 5.74) is -0.880. The van der Waals surface area contributed by atoms with Gasteiger partial charge in [0, 0.05) is 12.4 Å². The van der Waals surface area contributed by atoms with E-state index in [1.165, 1.54) is 0 Å². The highest BCUT2D eigenvalue weighted by atomic mass is 16.2. The van der Waals surface area contributed by atoms with Crippen LogP contribution in [0.15, 0.2) is 12.4 Å². The maximum Gasteiger partial charge on any atom is 0.250 e. The fourth-order valence-corrected chi connectivity index (χ4v) is 2.70. The first kappa shape index (κ1) is 12.1. The summed E-state index contributed by atoms with van der Waals surface area (Å²) in [5.74, 6) is 0.0463. The van der Waals surface area contributed by atoms with Gasteiger partial charge in [-0.15, -0.1) is 0 Å². The van der Waals surface area contributed by atoms with E-state index in [9.17, 15) is 4.79 Å². The number of nitrogens with one attached hydrogen (secondary N) is 2. The highest BCUT2D eigenvalue weighted by Crippen LogP contribution is 2.44. The van der Waals surface area contributed by atoms with Gasteiger partial charge in [-0.25, -0.2) is 0 Å². The third-order valence-electron chi connectivity index (χ3n) is 3.19. The van der Waals surface area contributed by atoms with E-state index in [0.29, 0.717) is 0 Å². The Morgan fingerprint density at radius 1 is 1.00 bits per heavy atom. The van der Waals surface area contributed by atoms with E-state index in [0.717, 1.165) is 0 Å². The van der Waals surface area contributed by atoms with Gasteiger partial charge in [-0.05, 0) is 10.8 Å². The third kappa shape index (κ3) is 1.64. The molecule has 0 atom stereocenters. The summed E-state index contributed by atoms with van der Waals surface area (Å²) in [6.07, 6.45) is 3.47. The highest BCUT2D eigenvalue weighted by Gasteiger charge is 2.56. The molecule has 0 aliphatic carbocycles. The Morgan fingerprint density at radius 2 is 1.47 bits per heavy atom. The molecule has 3 heteroatoms. The second-order valence-corrected chi connectivity index (χ2v) is 6.20. The second-order valence-electron chi connectivity index (χ2n) is 6.20. The van der Waals surface area contributed by atoms with Crippen LogP contribution in [0.1, 0.15) is 41.5 Å². The van der Waals surface area contributed by atoms with E-state index in [4.69, 9.17) is 0 Å². The summed E-state index contributed by atoms with van der Waals surface area (Å²) in [4.78, 5) is 12.2. The monoisotopic (exact) mass is 210 g/mol.